The number of alkyl halides is 4. The van der Waals surface area contributed by atoms with Crippen LogP contribution in [0.25, 0.3) is 0 Å². The molecule has 0 spiro atoms. The van der Waals surface area contributed by atoms with Crippen molar-refractivity contribution in [1.29, 1.82) is 0 Å². The molecule has 116 valence electrons. The average Bonchev–Trinajstić information content (AvgIpc) is 2.35. The molecule has 2 N–H and O–H groups in total. The van der Waals surface area contributed by atoms with E-state index in [-0.39, 0.29) is 5.41 Å². The van der Waals surface area contributed by atoms with Crippen molar-refractivity contribution >= 4 is 63.7 Å². The maximum Gasteiger partial charge on any atom is 0.128 e. The van der Waals surface area contributed by atoms with Crippen molar-refractivity contribution in [1.82, 2.24) is 0 Å². The normalized spacial score (nSPS) is 30.9. The number of hydrogen-bond acceptors (Lipinski definition) is 2. The standard InChI is InChI=1S/C15H16Br4O2/c1-13(2,9-3-5-11(20)14(16,17)7-9)10-4-6-12(21)15(18,19)8-10/h3-8,11-12,20-21H,1-2H3. The fourth-order valence-corrected chi connectivity index (χ4v) is 3.87. The largest absolute Gasteiger partial charge is 0.386 e. The highest BCUT2D eigenvalue weighted by atomic mass is 79.9. The van der Waals surface area contributed by atoms with E-state index in [2.05, 4.69) is 77.6 Å². The van der Waals surface area contributed by atoms with Crippen molar-refractivity contribution in [3.05, 3.63) is 47.6 Å². The molecule has 2 nitrogen and oxygen atoms in total. The number of aliphatic hydroxyl groups excluding tert-OH is 2. The summed E-state index contributed by atoms with van der Waals surface area (Å²) >= 11 is 14.0. The summed E-state index contributed by atoms with van der Waals surface area (Å²) in [4.78, 5) is 0. The van der Waals surface area contributed by atoms with Gasteiger partial charge in [-0.3, -0.25) is 0 Å². The zero-order valence-electron chi connectivity index (χ0n) is 11.5. The summed E-state index contributed by atoms with van der Waals surface area (Å²) < 4.78 is -1.31. The maximum absolute atomic E-state index is 9.95. The third-order valence-corrected chi connectivity index (χ3v) is 6.64. The molecule has 0 aromatic heterocycles. The van der Waals surface area contributed by atoms with Crippen molar-refractivity contribution in [3.63, 3.8) is 0 Å². The highest BCUT2D eigenvalue weighted by molar-refractivity contribution is 9.25. The highest BCUT2D eigenvalue weighted by Gasteiger charge is 2.39. The van der Waals surface area contributed by atoms with Crippen LogP contribution in [0.3, 0.4) is 0 Å². The zero-order chi connectivity index (χ0) is 16.1. The van der Waals surface area contributed by atoms with Crippen LogP contribution in [0, 0.1) is 5.41 Å². The van der Waals surface area contributed by atoms with E-state index in [1.54, 1.807) is 12.2 Å². The van der Waals surface area contributed by atoms with Gasteiger partial charge in [0, 0.05) is 5.41 Å². The van der Waals surface area contributed by atoms with E-state index in [0.29, 0.717) is 0 Å². The first-order valence-electron chi connectivity index (χ1n) is 6.42. The number of allylic oxidation sites excluding steroid dienone is 4. The molecule has 2 unspecified atom stereocenters. The van der Waals surface area contributed by atoms with Gasteiger partial charge in [-0.15, -0.1) is 0 Å². The second-order valence-corrected chi connectivity index (χ2v) is 13.2. The van der Waals surface area contributed by atoms with Crippen LogP contribution in [0.1, 0.15) is 13.8 Å². The lowest BCUT2D eigenvalue weighted by atomic mass is 9.73. The smallest absolute Gasteiger partial charge is 0.128 e. The van der Waals surface area contributed by atoms with Gasteiger partial charge in [0.15, 0.2) is 0 Å². The van der Waals surface area contributed by atoms with Crippen LogP contribution >= 0.6 is 63.7 Å². The average molecular weight is 548 g/mol. The highest BCUT2D eigenvalue weighted by Crippen LogP contribution is 2.47. The molecule has 0 radical (unpaired) electrons. The van der Waals surface area contributed by atoms with Gasteiger partial charge < -0.3 is 10.2 Å². The summed E-state index contributed by atoms with van der Waals surface area (Å²) in [6.45, 7) is 4.22. The third-order valence-electron chi connectivity index (χ3n) is 3.84. The van der Waals surface area contributed by atoms with Crippen LogP contribution < -0.4 is 0 Å². The molecule has 6 heteroatoms. The van der Waals surface area contributed by atoms with Crippen molar-refractivity contribution < 1.29 is 10.2 Å². The first kappa shape index (κ1) is 18.1. The van der Waals surface area contributed by atoms with E-state index in [4.69, 9.17) is 0 Å². The minimum absolute atomic E-state index is 0.271. The first-order valence-corrected chi connectivity index (χ1v) is 9.59. The van der Waals surface area contributed by atoms with Crippen LogP contribution in [0.5, 0.6) is 0 Å². The molecule has 0 heterocycles. The Morgan fingerprint density at radius 3 is 1.48 bits per heavy atom. The van der Waals surface area contributed by atoms with Crippen LogP contribution in [-0.2, 0) is 0 Å². The summed E-state index contributed by atoms with van der Waals surface area (Å²) in [5, 5.41) is 19.9. The first-order chi connectivity index (χ1) is 9.47. The van der Waals surface area contributed by atoms with E-state index in [0.717, 1.165) is 11.1 Å². The lowest BCUT2D eigenvalue weighted by molar-refractivity contribution is 0.223. The Balaban J connectivity index is 2.40. The Kier molecular flexibility index (Phi) is 5.20. The molecule has 2 aliphatic carbocycles. The molecule has 0 amide bonds. The molecule has 0 aromatic rings. The van der Waals surface area contributed by atoms with Crippen LogP contribution in [0.15, 0.2) is 47.6 Å². The summed E-state index contributed by atoms with van der Waals surface area (Å²) in [6, 6.07) is 0. The quantitative estimate of drug-likeness (QED) is 0.492. The summed E-state index contributed by atoms with van der Waals surface area (Å²) in [7, 11) is 0. The molecular formula is C15H16Br4O2. The minimum atomic E-state index is -0.653. The lowest BCUT2D eigenvalue weighted by Crippen LogP contribution is -2.34. The predicted molar refractivity (Wildman–Crippen MR) is 101 cm³/mol. The van der Waals surface area contributed by atoms with E-state index in [1.807, 2.05) is 24.3 Å². The van der Waals surface area contributed by atoms with Crippen molar-refractivity contribution in [3.8, 4) is 0 Å². The fourth-order valence-electron chi connectivity index (χ4n) is 2.27. The Morgan fingerprint density at radius 1 is 0.857 bits per heavy atom. The molecule has 0 aromatic carbocycles. The van der Waals surface area contributed by atoms with Gasteiger partial charge >= 0.3 is 0 Å². The second kappa shape index (κ2) is 6.02. The lowest BCUT2D eigenvalue weighted by Gasteiger charge is -2.37. The topological polar surface area (TPSA) is 40.5 Å². The predicted octanol–water partition coefficient (Wildman–Crippen LogP) is 4.70. The summed E-state index contributed by atoms with van der Waals surface area (Å²) in [5.41, 5.74) is 1.88. The monoisotopic (exact) mass is 544 g/mol. The van der Waals surface area contributed by atoms with Gasteiger partial charge in [-0.2, -0.15) is 0 Å². The molecule has 0 saturated carbocycles. The van der Waals surface area contributed by atoms with Gasteiger partial charge in [0.25, 0.3) is 0 Å². The molecular weight excluding hydrogens is 532 g/mol. The zero-order valence-corrected chi connectivity index (χ0v) is 17.9. The fraction of sp³-hybridized carbons (Fsp3) is 0.467. The molecule has 2 rings (SSSR count). The number of rotatable bonds is 2. The minimum Gasteiger partial charge on any atom is -0.386 e. The van der Waals surface area contributed by atoms with Crippen LogP contribution in [0.2, 0.25) is 0 Å². The van der Waals surface area contributed by atoms with E-state index in [9.17, 15) is 10.2 Å². The third kappa shape index (κ3) is 3.66. The molecule has 0 bridgehead atoms. The van der Waals surface area contributed by atoms with Gasteiger partial charge in [-0.05, 0) is 11.1 Å². The van der Waals surface area contributed by atoms with Gasteiger partial charge in [-0.25, -0.2) is 0 Å². The van der Waals surface area contributed by atoms with Crippen LogP contribution in [0.4, 0.5) is 0 Å². The van der Waals surface area contributed by atoms with Gasteiger partial charge in [0.1, 0.15) is 18.7 Å². The SMILES string of the molecule is CC(C)(C1=CC(Br)(Br)C(O)C=C1)C1=CC(Br)(Br)C(O)C=C1. The van der Waals surface area contributed by atoms with Gasteiger partial charge in [-0.1, -0.05) is 114 Å². The Bertz CT molecular complexity index is 508. The number of halogens is 4. The number of hydrogen-bond donors (Lipinski definition) is 2. The Labute approximate surface area is 158 Å². The molecule has 0 aliphatic heterocycles. The van der Waals surface area contributed by atoms with Crippen molar-refractivity contribution in [2.75, 3.05) is 0 Å². The van der Waals surface area contributed by atoms with Crippen LogP contribution in [-0.4, -0.2) is 28.9 Å². The van der Waals surface area contributed by atoms with Crippen molar-refractivity contribution in [2.45, 2.75) is 32.5 Å². The summed E-state index contributed by atoms with van der Waals surface area (Å²) in [6.07, 6.45) is 10.1. The van der Waals surface area contributed by atoms with E-state index < -0.39 is 18.7 Å². The van der Waals surface area contributed by atoms with E-state index >= 15 is 0 Å². The maximum atomic E-state index is 9.95. The molecule has 2 aliphatic rings. The Morgan fingerprint density at radius 2 is 1.19 bits per heavy atom. The molecule has 0 fully saturated rings. The van der Waals surface area contributed by atoms with Crippen molar-refractivity contribution in [2.24, 2.45) is 5.41 Å². The molecule has 2 atom stereocenters. The second-order valence-electron chi connectivity index (χ2n) is 5.78. The van der Waals surface area contributed by atoms with E-state index in [1.165, 1.54) is 0 Å². The van der Waals surface area contributed by atoms with Gasteiger partial charge in [0.2, 0.25) is 0 Å². The Hall–Kier alpha value is 0.800. The number of aliphatic hydroxyl groups is 2. The molecule has 21 heavy (non-hydrogen) atoms. The molecule has 0 saturated heterocycles. The van der Waals surface area contributed by atoms with Gasteiger partial charge in [0.05, 0.1) is 0 Å². The summed E-state index contributed by atoms with van der Waals surface area (Å²) in [5.74, 6) is 0.